The second-order valence-electron chi connectivity index (χ2n) is 4.67. The minimum Gasteiger partial charge on any atom is -0.481 e. The maximum absolute atomic E-state index is 12.0. The van der Waals surface area contributed by atoms with Crippen molar-refractivity contribution in [1.82, 2.24) is 5.32 Å². The van der Waals surface area contributed by atoms with Gasteiger partial charge in [-0.15, -0.1) is 0 Å². The normalized spacial score (nSPS) is 15.4. The van der Waals surface area contributed by atoms with Gasteiger partial charge in [0, 0.05) is 10.4 Å². The van der Waals surface area contributed by atoms with Crippen LogP contribution in [0.5, 0.6) is 0 Å². The van der Waals surface area contributed by atoms with E-state index in [1.807, 2.05) is 31.2 Å². The van der Waals surface area contributed by atoms with Gasteiger partial charge in [-0.05, 0) is 18.6 Å². The summed E-state index contributed by atoms with van der Waals surface area (Å²) < 4.78 is 0.918. The molecule has 1 aromatic rings. The zero-order valence-electron chi connectivity index (χ0n) is 11.2. The first-order valence-electron chi connectivity index (χ1n) is 6.12. The van der Waals surface area contributed by atoms with Crippen LogP contribution in [0.25, 0.3) is 0 Å². The zero-order valence-corrected chi connectivity index (χ0v) is 12.8. The van der Waals surface area contributed by atoms with E-state index in [1.54, 1.807) is 6.92 Å². The molecule has 2 N–H and O–H groups in total. The molecule has 0 aliphatic rings. The first-order valence-corrected chi connectivity index (χ1v) is 6.91. The van der Waals surface area contributed by atoms with Crippen LogP contribution in [0.1, 0.15) is 32.4 Å². The zero-order chi connectivity index (χ0) is 14.6. The fourth-order valence-corrected chi connectivity index (χ4v) is 2.32. The van der Waals surface area contributed by atoms with Gasteiger partial charge >= 0.3 is 5.97 Å². The fraction of sp³-hybridized carbons (Fsp3) is 0.429. The minimum atomic E-state index is -0.962. The molecule has 5 heteroatoms. The summed E-state index contributed by atoms with van der Waals surface area (Å²) in [6.45, 7) is 5.03. The maximum Gasteiger partial charge on any atom is 0.307 e. The molecule has 4 nitrogen and oxygen atoms in total. The van der Waals surface area contributed by atoms with E-state index in [0.29, 0.717) is 0 Å². The summed E-state index contributed by atoms with van der Waals surface area (Å²) in [6.07, 6.45) is 0. The molecule has 3 atom stereocenters. The van der Waals surface area contributed by atoms with E-state index in [9.17, 15) is 9.59 Å². The number of hydrogen-bond donors (Lipinski definition) is 2. The van der Waals surface area contributed by atoms with E-state index in [2.05, 4.69) is 21.2 Å². The van der Waals surface area contributed by atoms with E-state index >= 15 is 0 Å². The Labute approximate surface area is 121 Å². The number of hydrogen-bond acceptors (Lipinski definition) is 2. The molecule has 1 rings (SSSR count). The van der Waals surface area contributed by atoms with Crippen molar-refractivity contribution in [3.05, 3.63) is 34.3 Å². The van der Waals surface area contributed by atoms with Crippen LogP contribution >= 0.6 is 15.9 Å². The van der Waals surface area contributed by atoms with Crippen molar-refractivity contribution in [3.63, 3.8) is 0 Å². The Balaban J connectivity index is 2.72. The molecule has 0 fully saturated rings. The molecule has 0 saturated carbocycles. The molecule has 0 aromatic heterocycles. The predicted molar refractivity (Wildman–Crippen MR) is 76.7 cm³/mol. The third kappa shape index (κ3) is 4.06. The van der Waals surface area contributed by atoms with Crippen LogP contribution in [0.15, 0.2) is 28.7 Å². The quantitative estimate of drug-likeness (QED) is 0.873. The molecule has 0 aliphatic carbocycles. The number of carbonyl (C=O) groups excluding carboxylic acids is 1. The molecule has 19 heavy (non-hydrogen) atoms. The summed E-state index contributed by atoms with van der Waals surface area (Å²) in [7, 11) is 0. The van der Waals surface area contributed by atoms with Crippen molar-refractivity contribution in [1.29, 1.82) is 0 Å². The number of rotatable bonds is 5. The summed E-state index contributed by atoms with van der Waals surface area (Å²) in [6, 6.07) is 7.44. The van der Waals surface area contributed by atoms with Crippen LogP contribution in [-0.2, 0) is 9.59 Å². The van der Waals surface area contributed by atoms with Crippen molar-refractivity contribution >= 4 is 27.8 Å². The molecular formula is C14H18BrNO3. The summed E-state index contributed by atoms with van der Waals surface area (Å²) in [5, 5.41) is 11.7. The van der Waals surface area contributed by atoms with Crippen molar-refractivity contribution in [2.24, 2.45) is 11.8 Å². The molecule has 0 heterocycles. The Morgan fingerprint density at radius 2 is 1.74 bits per heavy atom. The molecule has 2 unspecified atom stereocenters. The molecule has 104 valence electrons. The van der Waals surface area contributed by atoms with Gasteiger partial charge in [0.25, 0.3) is 0 Å². The van der Waals surface area contributed by atoms with Gasteiger partial charge in [0.2, 0.25) is 5.91 Å². The summed E-state index contributed by atoms with van der Waals surface area (Å²) in [5.74, 6) is -2.48. The van der Waals surface area contributed by atoms with Crippen LogP contribution in [0.2, 0.25) is 0 Å². The summed E-state index contributed by atoms with van der Waals surface area (Å²) in [5.41, 5.74) is 0.964. The molecule has 0 bridgehead atoms. The third-order valence-corrected chi connectivity index (χ3v) is 4.01. The number of carboxylic acid groups (broad SMARTS) is 1. The van der Waals surface area contributed by atoms with E-state index in [0.717, 1.165) is 10.0 Å². The van der Waals surface area contributed by atoms with Crippen LogP contribution < -0.4 is 5.32 Å². The minimum absolute atomic E-state index is 0.175. The SMILES string of the molecule is CC(C(=O)O)C(C)C(=O)N[C@@H](C)c1ccccc1Br. The number of carbonyl (C=O) groups is 2. The van der Waals surface area contributed by atoms with Gasteiger partial charge in [0.05, 0.1) is 12.0 Å². The van der Waals surface area contributed by atoms with Gasteiger partial charge in [-0.2, -0.15) is 0 Å². The highest BCUT2D eigenvalue weighted by Crippen LogP contribution is 2.23. The molecule has 1 amide bonds. The third-order valence-electron chi connectivity index (χ3n) is 3.28. The van der Waals surface area contributed by atoms with Gasteiger partial charge in [0.1, 0.15) is 0 Å². The first-order chi connectivity index (χ1) is 8.84. The highest BCUT2D eigenvalue weighted by atomic mass is 79.9. The Morgan fingerprint density at radius 1 is 1.16 bits per heavy atom. The van der Waals surface area contributed by atoms with Crippen LogP contribution in [0.3, 0.4) is 0 Å². The molecule has 0 spiro atoms. The van der Waals surface area contributed by atoms with E-state index < -0.39 is 17.8 Å². The first kappa shape index (κ1) is 15.7. The van der Waals surface area contributed by atoms with Crippen LogP contribution in [-0.4, -0.2) is 17.0 Å². The lowest BCUT2D eigenvalue weighted by Crippen LogP contribution is -2.36. The molecule has 0 aliphatic heterocycles. The monoisotopic (exact) mass is 327 g/mol. The Hall–Kier alpha value is -1.36. The number of amides is 1. The average molecular weight is 328 g/mol. The lowest BCUT2D eigenvalue weighted by atomic mass is 9.94. The summed E-state index contributed by atoms with van der Waals surface area (Å²) >= 11 is 3.43. The average Bonchev–Trinajstić information content (AvgIpc) is 2.37. The van der Waals surface area contributed by atoms with Crippen molar-refractivity contribution in [2.45, 2.75) is 26.8 Å². The standard InChI is InChI=1S/C14H18BrNO3/c1-8(9(2)14(18)19)13(17)16-10(3)11-6-4-5-7-12(11)15/h4-10H,1-3H3,(H,16,17)(H,18,19)/t8?,9?,10-/m0/s1. The van der Waals surface area contributed by atoms with Crippen LogP contribution in [0, 0.1) is 11.8 Å². The smallest absolute Gasteiger partial charge is 0.307 e. The van der Waals surface area contributed by atoms with E-state index in [1.165, 1.54) is 6.92 Å². The van der Waals surface area contributed by atoms with Gasteiger partial charge in [-0.25, -0.2) is 0 Å². The number of halogens is 1. The molecule has 1 aromatic carbocycles. The molecule has 0 saturated heterocycles. The largest absolute Gasteiger partial charge is 0.481 e. The fourth-order valence-electron chi connectivity index (χ4n) is 1.69. The number of aliphatic carboxylic acids is 1. The second-order valence-corrected chi connectivity index (χ2v) is 5.52. The summed E-state index contributed by atoms with van der Waals surface area (Å²) in [4.78, 5) is 22.9. The van der Waals surface area contributed by atoms with E-state index in [-0.39, 0.29) is 11.9 Å². The van der Waals surface area contributed by atoms with Crippen LogP contribution in [0.4, 0.5) is 0 Å². The van der Waals surface area contributed by atoms with Gasteiger partial charge in [-0.3, -0.25) is 9.59 Å². The van der Waals surface area contributed by atoms with Crippen molar-refractivity contribution < 1.29 is 14.7 Å². The lowest BCUT2D eigenvalue weighted by molar-refractivity contribution is -0.146. The lowest BCUT2D eigenvalue weighted by Gasteiger charge is -2.20. The number of nitrogens with one attached hydrogen (secondary N) is 1. The highest BCUT2D eigenvalue weighted by Gasteiger charge is 2.26. The number of carboxylic acids is 1. The topological polar surface area (TPSA) is 66.4 Å². The Morgan fingerprint density at radius 3 is 2.26 bits per heavy atom. The van der Waals surface area contributed by atoms with Crippen molar-refractivity contribution in [2.75, 3.05) is 0 Å². The molecular weight excluding hydrogens is 310 g/mol. The number of benzene rings is 1. The predicted octanol–water partition coefficient (Wildman–Crippen LogP) is 2.98. The maximum atomic E-state index is 12.0. The van der Waals surface area contributed by atoms with Crippen molar-refractivity contribution in [3.8, 4) is 0 Å². The highest BCUT2D eigenvalue weighted by molar-refractivity contribution is 9.10. The Bertz CT molecular complexity index is 476. The van der Waals surface area contributed by atoms with Gasteiger partial charge < -0.3 is 10.4 Å². The van der Waals surface area contributed by atoms with Gasteiger partial charge in [-0.1, -0.05) is 48.0 Å². The van der Waals surface area contributed by atoms with E-state index in [4.69, 9.17) is 5.11 Å². The second kappa shape index (κ2) is 6.70. The van der Waals surface area contributed by atoms with Gasteiger partial charge in [0.15, 0.2) is 0 Å². The Kier molecular flexibility index (Phi) is 5.54. The molecule has 0 radical (unpaired) electrons.